The molecule has 0 atom stereocenters. The molecule has 5 heteroatoms. The number of aromatic nitrogens is 2. The Morgan fingerprint density at radius 2 is 2.00 bits per heavy atom. The summed E-state index contributed by atoms with van der Waals surface area (Å²) in [6.45, 7) is 5.72. The Morgan fingerprint density at radius 1 is 1.23 bits per heavy atom. The van der Waals surface area contributed by atoms with E-state index in [0.29, 0.717) is 11.8 Å². The second kappa shape index (κ2) is 8.93. The van der Waals surface area contributed by atoms with Crippen molar-refractivity contribution in [2.24, 2.45) is 0 Å². The Balaban J connectivity index is 1.92. The minimum Gasteiger partial charge on any atom is -0.481 e. The lowest BCUT2D eigenvalue weighted by Gasteiger charge is -2.21. The maximum atomic E-state index is 5.55. The molecule has 0 radical (unpaired) electrons. The smallest absolute Gasteiger partial charge is 0.218 e. The van der Waals surface area contributed by atoms with Crippen LogP contribution in [0.1, 0.15) is 64.1 Å². The second-order valence-corrected chi connectivity index (χ2v) is 6.19. The Labute approximate surface area is 133 Å². The molecule has 0 amide bonds. The van der Waals surface area contributed by atoms with Gasteiger partial charge in [-0.15, -0.1) is 0 Å². The lowest BCUT2D eigenvalue weighted by Crippen LogP contribution is -2.13. The summed E-state index contributed by atoms with van der Waals surface area (Å²) in [6, 6.07) is 1.87. The van der Waals surface area contributed by atoms with E-state index in [9.17, 15) is 0 Å². The van der Waals surface area contributed by atoms with E-state index in [1.54, 1.807) is 7.11 Å². The minimum absolute atomic E-state index is 0.289. The Morgan fingerprint density at radius 3 is 2.68 bits per heavy atom. The zero-order valence-corrected chi connectivity index (χ0v) is 14.1. The van der Waals surface area contributed by atoms with Crippen molar-refractivity contribution in [3.63, 3.8) is 0 Å². The van der Waals surface area contributed by atoms with E-state index in [1.807, 2.05) is 6.07 Å². The van der Waals surface area contributed by atoms with Crippen molar-refractivity contribution in [3.8, 4) is 5.88 Å². The van der Waals surface area contributed by atoms with Gasteiger partial charge in [-0.1, -0.05) is 19.3 Å². The molecular weight excluding hydrogens is 278 g/mol. The third-order valence-electron chi connectivity index (χ3n) is 3.98. The van der Waals surface area contributed by atoms with Crippen LogP contribution in [0.5, 0.6) is 5.88 Å². The molecule has 1 aliphatic carbocycles. The third-order valence-corrected chi connectivity index (χ3v) is 3.98. The molecule has 0 unspecified atom stereocenters. The summed E-state index contributed by atoms with van der Waals surface area (Å²) in [7, 11) is 1.66. The number of hydrogen-bond acceptors (Lipinski definition) is 5. The van der Waals surface area contributed by atoms with Gasteiger partial charge in [-0.05, 0) is 33.1 Å². The van der Waals surface area contributed by atoms with E-state index in [2.05, 4.69) is 24.1 Å². The van der Waals surface area contributed by atoms with Gasteiger partial charge in [-0.2, -0.15) is 4.98 Å². The number of anilines is 1. The first-order valence-electron chi connectivity index (χ1n) is 8.47. The number of methoxy groups -OCH3 is 1. The largest absolute Gasteiger partial charge is 0.481 e. The van der Waals surface area contributed by atoms with Crippen molar-refractivity contribution in [2.75, 3.05) is 25.6 Å². The summed E-state index contributed by atoms with van der Waals surface area (Å²) in [5.74, 6) is 2.92. The summed E-state index contributed by atoms with van der Waals surface area (Å²) in [5, 5.41) is 3.36. The molecule has 5 nitrogen and oxygen atoms in total. The van der Waals surface area contributed by atoms with Crippen LogP contribution in [0, 0.1) is 0 Å². The third kappa shape index (κ3) is 5.44. The Hall–Kier alpha value is -1.36. The highest BCUT2D eigenvalue weighted by atomic mass is 16.5. The van der Waals surface area contributed by atoms with Gasteiger partial charge >= 0.3 is 0 Å². The summed E-state index contributed by atoms with van der Waals surface area (Å²) in [4.78, 5) is 9.24. The van der Waals surface area contributed by atoms with Crippen LogP contribution in [0.4, 0.5) is 5.82 Å². The van der Waals surface area contributed by atoms with E-state index in [0.717, 1.165) is 31.2 Å². The summed E-state index contributed by atoms with van der Waals surface area (Å²) in [5.41, 5.74) is 0. The summed E-state index contributed by atoms with van der Waals surface area (Å²) >= 11 is 0. The zero-order chi connectivity index (χ0) is 15.8. The van der Waals surface area contributed by atoms with Crippen molar-refractivity contribution in [1.29, 1.82) is 0 Å². The standard InChI is InChI=1S/C17H29N3O2/c1-13(2)22-11-7-10-18-15-12-16(21-3)20-17(19-15)14-8-5-4-6-9-14/h12-14H,4-11H2,1-3H3,(H,18,19,20). The number of hydrogen-bond donors (Lipinski definition) is 1. The van der Waals surface area contributed by atoms with E-state index >= 15 is 0 Å². The lowest BCUT2D eigenvalue weighted by atomic mass is 9.89. The maximum absolute atomic E-state index is 5.55. The Bertz CT molecular complexity index is 446. The van der Waals surface area contributed by atoms with Gasteiger partial charge in [-0.25, -0.2) is 4.98 Å². The predicted molar refractivity (Wildman–Crippen MR) is 88.6 cm³/mol. The van der Waals surface area contributed by atoms with E-state index in [4.69, 9.17) is 14.5 Å². The molecular formula is C17H29N3O2. The molecule has 2 rings (SSSR count). The molecule has 1 heterocycles. The topological polar surface area (TPSA) is 56.3 Å². The van der Waals surface area contributed by atoms with Crippen LogP contribution >= 0.6 is 0 Å². The Kier molecular flexibility index (Phi) is 6.90. The van der Waals surface area contributed by atoms with Crippen LogP contribution in [-0.4, -0.2) is 36.3 Å². The SMILES string of the molecule is COc1cc(NCCCOC(C)C)nc(C2CCCCC2)n1. The molecule has 124 valence electrons. The quantitative estimate of drug-likeness (QED) is 0.741. The first-order valence-corrected chi connectivity index (χ1v) is 8.47. The van der Waals surface area contributed by atoms with Crippen LogP contribution < -0.4 is 10.1 Å². The van der Waals surface area contributed by atoms with Gasteiger partial charge in [-0.3, -0.25) is 0 Å². The fraction of sp³-hybridized carbons (Fsp3) is 0.765. The number of nitrogens with one attached hydrogen (secondary N) is 1. The summed E-state index contributed by atoms with van der Waals surface area (Å²) < 4.78 is 10.9. The van der Waals surface area contributed by atoms with Crippen molar-refractivity contribution >= 4 is 5.82 Å². The molecule has 0 bridgehead atoms. The monoisotopic (exact) mass is 307 g/mol. The highest BCUT2D eigenvalue weighted by Gasteiger charge is 2.19. The fourth-order valence-electron chi connectivity index (χ4n) is 2.79. The number of nitrogens with zero attached hydrogens (tertiary/aromatic N) is 2. The van der Waals surface area contributed by atoms with E-state index < -0.39 is 0 Å². The second-order valence-electron chi connectivity index (χ2n) is 6.19. The van der Waals surface area contributed by atoms with Crippen molar-refractivity contribution < 1.29 is 9.47 Å². The average molecular weight is 307 g/mol. The zero-order valence-electron chi connectivity index (χ0n) is 14.1. The minimum atomic E-state index is 0.289. The number of rotatable bonds is 8. The van der Waals surface area contributed by atoms with Crippen molar-refractivity contribution in [1.82, 2.24) is 9.97 Å². The molecule has 1 aliphatic rings. The molecule has 1 N–H and O–H groups in total. The molecule has 0 aliphatic heterocycles. The van der Waals surface area contributed by atoms with Crippen LogP contribution in [0.15, 0.2) is 6.07 Å². The summed E-state index contributed by atoms with van der Waals surface area (Å²) in [6.07, 6.45) is 7.52. The first kappa shape index (κ1) is 17.0. The van der Waals surface area contributed by atoms with Crippen LogP contribution in [-0.2, 0) is 4.74 Å². The van der Waals surface area contributed by atoms with Gasteiger partial charge in [0.2, 0.25) is 5.88 Å². The van der Waals surface area contributed by atoms with Crippen molar-refractivity contribution in [3.05, 3.63) is 11.9 Å². The predicted octanol–water partition coefficient (Wildman–Crippen LogP) is 3.76. The van der Waals surface area contributed by atoms with Gasteiger partial charge in [0.1, 0.15) is 11.6 Å². The van der Waals surface area contributed by atoms with E-state index in [-0.39, 0.29) is 6.10 Å². The van der Waals surface area contributed by atoms with Crippen LogP contribution in [0.2, 0.25) is 0 Å². The maximum Gasteiger partial charge on any atom is 0.218 e. The van der Waals surface area contributed by atoms with E-state index in [1.165, 1.54) is 32.1 Å². The van der Waals surface area contributed by atoms with Gasteiger partial charge in [0.05, 0.1) is 13.2 Å². The highest BCUT2D eigenvalue weighted by Crippen LogP contribution is 2.32. The molecule has 1 saturated carbocycles. The highest BCUT2D eigenvalue weighted by molar-refractivity contribution is 5.38. The normalized spacial score (nSPS) is 16.0. The van der Waals surface area contributed by atoms with Crippen molar-refractivity contribution in [2.45, 2.75) is 64.4 Å². The van der Waals surface area contributed by atoms with Crippen LogP contribution in [0.25, 0.3) is 0 Å². The molecule has 0 saturated heterocycles. The van der Waals surface area contributed by atoms with Crippen LogP contribution in [0.3, 0.4) is 0 Å². The molecule has 1 fully saturated rings. The van der Waals surface area contributed by atoms with Gasteiger partial charge in [0, 0.05) is 25.1 Å². The molecule has 0 aromatic carbocycles. The fourth-order valence-corrected chi connectivity index (χ4v) is 2.79. The number of ether oxygens (including phenoxy) is 2. The van der Waals surface area contributed by atoms with Gasteiger partial charge in [0.15, 0.2) is 0 Å². The van der Waals surface area contributed by atoms with Gasteiger partial charge < -0.3 is 14.8 Å². The van der Waals surface area contributed by atoms with Gasteiger partial charge in [0.25, 0.3) is 0 Å². The molecule has 22 heavy (non-hydrogen) atoms. The first-order chi connectivity index (χ1) is 10.7. The average Bonchev–Trinajstić information content (AvgIpc) is 2.54. The molecule has 1 aromatic rings. The molecule has 0 spiro atoms. The molecule has 1 aromatic heterocycles. The lowest BCUT2D eigenvalue weighted by molar-refractivity contribution is 0.0787.